The Morgan fingerprint density at radius 2 is 1.71 bits per heavy atom. The van der Waals surface area contributed by atoms with Gasteiger partial charge in [-0.2, -0.15) is 0 Å². The van der Waals surface area contributed by atoms with Crippen LogP contribution in [0.4, 0.5) is 5.69 Å². The molecule has 0 bridgehead atoms. The van der Waals surface area contributed by atoms with E-state index in [0.717, 1.165) is 31.6 Å². The number of rotatable bonds is 2. The summed E-state index contributed by atoms with van der Waals surface area (Å²) in [6.07, 6.45) is 1.76. The summed E-state index contributed by atoms with van der Waals surface area (Å²) >= 11 is 0. The van der Waals surface area contributed by atoms with Crippen LogP contribution in [-0.4, -0.2) is 50.8 Å². The van der Waals surface area contributed by atoms with Crippen LogP contribution in [0, 0.1) is 0 Å². The summed E-state index contributed by atoms with van der Waals surface area (Å²) < 4.78 is 10.6. The van der Waals surface area contributed by atoms with Gasteiger partial charge in [0.25, 0.3) is 5.91 Å². The minimum absolute atomic E-state index is 0.0609. The van der Waals surface area contributed by atoms with E-state index in [4.69, 9.17) is 9.47 Å². The zero-order valence-corrected chi connectivity index (χ0v) is 12.7. The third-order valence-electron chi connectivity index (χ3n) is 4.34. The van der Waals surface area contributed by atoms with Gasteiger partial charge in [-0.25, -0.2) is 0 Å². The Labute approximate surface area is 124 Å². The van der Waals surface area contributed by atoms with Gasteiger partial charge in [0.05, 0.1) is 25.5 Å². The smallest absolute Gasteiger partial charge is 0.255 e. The van der Waals surface area contributed by atoms with Crippen molar-refractivity contribution in [2.45, 2.75) is 18.5 Å². The second-order valence-corrected chi connectivity index (χ2v) is 5.72. The fourth-order valence-electron chi connectivity index (χ4n) is 2.99. The van der Waals surface area contributed by atoms with Crippen molar-refractivity contribution in [3.8, 4) is 11.5 Å². The van der Waals surface area contributed by atoms with Gasteiger partial charge < -0.3 is 25.0 Å². The number of nitrogens with zero attached hydrogens (tertiary/aromatic N) is 1. The first-order valence-corrected chi connectivity index (χ1v) is 7.12. The van der Waals surface area contributed by atoms with Gasteiger partial charge in [-0.3, -0.25) is 4.79 Å². The molecular formula is C15H21N3O3. The van der Waals surface area contributed by atoms with E-state index >= 15 is 0 Å². The van der Waals surface area contributed by atoms with Crippen LogP contribution in [0.25, 0.3) is 0 Å². The SMILES string of the molecule is COc1cc2c(cc1OC)C(=O)NC1(CCN(C)CC1)N2. The van der Waals surface area contributed by atoms with Crippen molar-refractivity contribution in [3.05, 3.63) is 17.7 Å². The lowest BCUT2D eigenvalue weighted by Crippen LogP contribution is -2.61. The van der Waals surface area contributed by atoms with Crippen molar-refractivity contribution in [2.75, 3.05) is 39.7 Å². The van der Waals surface area contributed by atoms with E-state index in [1.54, 1.807) is 20.3 Å². The molecule has 6 heteroatoms. The van der Waals surface area contributed by atoms with Gasteiger partial charge in [-0.15, -0.1) is 0 Å². The molecule has 1 aromatic carbocycles. The number of likely N-dealkylation sites (tertiary alicyclic amines) is 1. The minimum Gasteiger partial charge on any atom is -0.493 e. The number of hydrogen-bond donors (Lipinski definition) is 2. The largest absolute Gasteiger partial charge is 0.493 e. The molecule has 1 fully saturated rings. The lowest BCUT2D eigenvalue weighted by Gasteiger charge is -2.45. The predicted octanol–water partition coefficient (Wildman–Crippen LogP) is 1.28. The Balaban J connectivity index is 1.96. The lowest BCUT2D eigenvalue weighted by atomic mass is 9.92. The van der Waals surface area contributed by atoms with Gasteiger partial charge in [0.15, 0.2) is 11.5 Å². The van der Waals surface area contributed by atoms with Crippen molar-refractivity contribution < 1.29 is 14.3 Å². The number of benzene rings is 1. The number of methoxy groups -OCH3 is 2. The summed E-state index contributed by atoms with van der Waals surface area (Å²) in [6, 6.07) is 3.56. The van der Waals surface area contributed by atoms with Gasteiger partial charge in [-0.05, 0) is 13.1 Å². The van der Waals surface area contributed by atoms with E-state index in [2.05, 4.69) is 22.6 Å². The normalized spacial score (nSPS) is 20.4. The van der Waals surface area contributed by atoms with Crippen LogP contribution in [0.2, 0.25) is 0 Å². The Bertz CT molecular complexity index is 566. The summed E-state index contributed by atoms with van der Waals surface area (Å²) in [5.41, 5.74) is 1.05. The first-order chi connectivity index (χ1) is 10.1. The fraction of sp³-hybridized carbons (Fsp3) is 0.533. The summed E-state index contributed by atoms with van der Waals surface area (Å²) in [4.78, 5) is 14.7. The predicted molar refractivity (Wildman–Crippen MR) is 80.1 cm³/mol. The van der Waals surface area contributed by atoms with Crippen molar-refractivity contribution >= 4 is 11.6 Å². The molecule has 3 rings (SSSR count). The van der Waals surface area contributed by atoms with Crippen LogP contribution in [0.15, 0.2) is 12.1 Å². The molecule has 114 valence electrons. The third-order valence-corrected chi connectivity index (χ3v) is 4.34. The highest BCUT2D eigenvalue weighted by molar-refractivity contribution is 6.03. The van der Waals surface area contributed by atoms with Gasteiger partial charge in [0, 0.05) is 32.0 Å². The summed E-state index contributed by atoms with van der Waals surface area (Å²) in [5, 5.41) is 6.62. The van der Waals surface area contributed by atoms with Crippen molar-refractivity contribution in [1.82, 2.24) is 10.2 Å². The van der Waals surface area contributed by atoms with E-state index in [-0.39, 0.29) is 11.6 Å². The highest BCUT2D eigenvalue weighted by Gasteiger charge is 2.40. The van der Waals surface area contributed by atoms with Gasteiger partial charge in [-0.1, -0.05) is 0 Å². The van der Waals surface area contributed by atoms with Gasteiger partial charge in [0.1, 0.15) is 5.66 Å². The Hall–Kier alpha value is -1.95. The number of ether oxygens (including phenoxy) is 2. The number of hydrogen-bond acceptors (Lipinski definition) is 5. The Morgan fingerprint density at radius 1 is 1.10 bits per heavy atom. The number of carbonyl (C=O) groups is 1. The molecule has 0 radical (unpaired) electrons. The second kappa shape index (κ2) is 5.11. The number of nitrogens with one attached hydrogen (secondary N) is 2. The van der Waals surface area contributed by atoms with E-state index < -0.39 is 0 Å². The maximum absolute atomic E-state index is 12.4. The van der Waals surface area contributed by atoms with Gasteiger partial charge in [0.2, 0.25) is 0 Å². The molecule has 0 aliphatic carbocycles. The molecule has 0 unspecified atom stereocenters. The van der Waals surface area contributed by atoms with Crippen LogP contribution in [0.1, 0.15) is 23.2 Å². The minimum atomic E-state index is -0.351. The third kappa shape index (κ3) is 2.40. The summed E-state index contributed by atoms with van der Waals surface area (Å²) in [5.74, 6) is 1.13. The molecule has 2 aliphatic heterocycles. The summed E-state index contributed by atoms with van der Waals surface area (Å²) in [7, 11) is 5.26. The molecule has 0 saturated carbocycles. The lowest BCUT2D eigenvalue weighted by molar-refractivity contribution is 0.0845. The number of piperidine rings is 1. The topological polar surface area (TPSA) is 62.8 Å². The van der Waals surface area contributed by atoms with Crippen molar-refractivity contribution in [1.29, 1.82) is 0 Å². The standard InChI is InChI=1S/C15H21N3O3/c1-18-6-4-15(5-7-18)16-11-9-13(21-3)12(20-2)8-10(11)14(19)17-15/h8-9,16H,4-7H2,1-3H3,(H,17,19). The van der Waals surface area contributed by atoms with E-state index in [1.165, 1.54) is 0 Å². The summed E-state index contributed by atoms with van der Waals surface area (Å²) in [6.45, 7) is 1.91. The van der Waals surface area contributed by atoms with Crippen molar-refractivity contribution in [2.24, 2.45) is 0 Å². The molecule has 1 saturated heterocycles. The number of anilines is 1. The number of fused-ring (bicyclic) bond motifs is 1. The fourth-order valence-corrected chi connectivity index (χ4v) is 2.99. The second-order valence-electron chi connectivity index (χ2n) is 5.72. The first-order valence-electron chi connectivity index (χ1n) is 7.12. The highest BCUT2D eigenvalue weighted by Crippen LogP contribution is 2.38. The van der Waals surface area contributed by atoms with Crippen molar-refractivity contribution in [3.63, 3.8) is 0 Å². The van der Waals surface area contributed by atoms with Crippen LogP contribution in [-0.2, 0) is 0 Å². The Kier molecular flexibility index (Phi) is 3.41. The molecule has 1 aromatic rings. The molecule has 2 N–H and O–H groups in total. The van der Waals surface area contributed by atoms with E-state index in [9.17, 15) is 4.79 Å². The van der Waals surface area contributed by atoms with Crippen LogP contribution in [0.5, 0.6) is 11.5 Å². The molecule has 0 atom stereocenters. The van der Waals surface area contributed by atoms with Crippen LogP contribution >= 0.6 is 0 Å². The average Bonchev–Trinajstić information content (AvgIpc) is 2.49. The van der Waals surface area contributed by atoms with E-state index in [0.29, 0.717) is 17.1 Å². The zero-order chi connectivity index (χ0) is 15.0. The molecule has 1 spiro atoms. The molecule has 1 amide bonds. The average molecular weight is 291 g/mol. The van der Waals surface area contributed by atoms with Gasteiger partial charge >= 0.3 is 0 Å². The molecule has 0 aromatic heterocycles. The molecule has 6 nitrogen and oxygen atoms in total. The van der Waals surface area contributed by atoms with Crippen LogP contribution < -0.4 is 20.1 Å². The highest BCUT2D eigenvalue weighted by atomic mass is 16.5. The van der Waals surface area contributed by atoms with Crippen LogP contribution in [0.3, 0.4) is 0 Å². The molecule has 2 heterocycles. The molecule has 2 aliphatic rings. The maximum atomic E-state index is 12.4. The number of carbonyl (C=O) groups excluding carboxylic acids is 1. The number of amides is 1. The van der Waals surface area contributed by atoms with E-state index in [1.807, 2.05) is 6.07 Å². The first kappa shape index (κ1) is 14.0. The maximum Gasteiger partial charge on any atom is 0.255 e. The Morgan fingerprint density at radius 3 is 2.33 bits per heavy atom. The molecule has 21 heavy (non-hydrogen) atoms. The quantitative estimate of drug-likeness (QED) is 0.859. The molecular weight excluding hydrogens is 270 g/mol. The monoisotopic (exact) mass is 291 g/mol. The zero-order valence-electron chi connectivity index (χ0n) is 12.7.